The van der Waals surface area contributed by atoms with Crippen LogP contribution in [0, 0.1) is 18.8 Å². The van der Waals surface area contributed by atoms with Crippen molar-refractivity contribution >= 4 is 0 Å². The van der Waals surface area contributed by atoms with Crippen molar-refractivity contribution in [3.8, 4) is 0 Å². The molecule has 1 aliphatic heterocycles. The molecule has 0 aromatic carbocycles. The predicted octanol–water partition coefficient (Wildman–Crippen LogP) is 2.57. The third-order valence-corrected chi connectivity index (χ3v) is 5.05. The lowest BCUT2D eigenvalue weighted by Crippen LogP contribution is -2.59. The van der Waals surface area contributed by atoms with Crippen LogP contribution in [-0.2, 0) is 13.6 Å². The number of nitrogens with zero attached hydrogens (tertiary/aromatic N) is 3. The second-order valence-electron chi connectivity index (χ2n) is 7.04. The molecule has 2 heterocycles. The quantitative estimate of drug-likeness (QED) is 0.905. The van der Waals surface area contributed by atoms with E-state index >= 15 is 0 Å². The van der Waals surface area contributed by atoms with Crippen LogP contribution in [-0.4, -0.2) is 39.9 Å². The number of nitrogens with one attached hydrogen (secondary N) is 1. The summed E-state index contributed by atoms with van der Waals surface area (Å²) >= 11 is 0. The third-order valence-electron chi connectivity index (χ3n) is 5.05. The van der Waals surface area contributed by atoms with Crippen LogP contribution >= 0.6 is 0 Å². The van der Waals surface area contributed by atoms with Gasteiger partial charge in [-0.05, 0) is 24.8 Å². The summed E-state index contributed by atoms with van der Waals surface area (Å²) < 4.78 is 2.03. The van der Waals surface area contributed by atoms with Gasteiger partial charge in [-0.25, -0.2) is 0 Å². The lowest BCUT2D eigenvalue weighted by Gasteiger charge is -2.44. The van der Waals surface area contributed by atoms with Gasteiger partial charge in [-0.2, -0.15) is 5.10 Å². The van der Waals surface area contributed by atoms with Crippen molar-refractivity contribution in [2.24, 2.45) is 18.9 Å². The summed E-state index contributed by atoms with van der Waals surface area (Å²) in [5.41, 5.74) is 2.44. The number of piperazine rings is 1. The van der Waals surface area contributed by atoms with E-state index in [0.29, 0.717) is 18.0 Å². The van der Waals surface area contributed by atoms with Crippen LogP contribution in [0.4, 0.5) is 0 Å². The van der Waals surface area contributed by atoms with E-state index in [4.69, 9.17) is 0 Å². The Morgan fingerprint density at radius 3 is 2.62 bits per heavy atom. The van der Waals surface area contributed by atoms with E-state index in [0.717, 1.165) is 31.2 Å². The van der Waals surface area contributed by atoms with Crippen LogP contribution < -0.4 is 5.32 Å². The van der Waals surface area contributed by atoms with Crippen LogP contribution in [0.3, 0.4) is 0 Å². The van der Waals surface area contributed by atoms with Gasteiger partial charge in [0.25, 0.3) is 0 Å². The van der Waals surface area contributed by atoms with Crippen molar-refractivity contribution in [1.29, 1.82) is 0 Å². The maximum absolute atomic E-state index is 4.49. The summed E-state index contributed by atoms with van der Waals surface area (Å²) in [6.45, 7) is 14.6. The average Bonchev–Trinajstić information content (AvgIpc) is 2.75. The van der Waals surface area contributed by atoms with Gasteiger partial charge in [0.2, 0.25) is 0 Å². The Bertz CT molecular complexity index is 452. The highest BCUT2D eigenvalue weighted by Crippen LogP contribution is 2.22. The number of hydrogen-bond acceptors (Lipinski definition) is 3. The molecular weight excluding hydrogens is 260 g/mol. The van der Waals surface area contributed by atoms with E-state index < -0.39 is 0 Å². The largest absolute Gasteiger partial charge is 0.311 e. The van der Waals surface area contributed by atoms with E-state index in [9.17, 15) is 0 Å². The molecule has 0 radical (unpaired) electrons. The standard InChI is InChI=1S/C17H32N4/c1-7-13(4)16-11-21(17(9-18-16)12(2)3)10-15-8-14(5)19-20(15)6/h8,12-13,16-18H,7,9-11H2,1-6H3. The minimum atomic E-state index is 0.610. The highest BCUT2D eigenvalue weighted by molar-refractivity contribution is 5.09. The van der Waals surface area contributed by atoms with Crippen LogP contribution in [0.1, 0.15) is 45.5 Å². The molecule has 3 atom stereocenters. The minimum absolute atomic E-state index is 0.610. The number of aryl methyl sites for hydroxylation is 2. The van der Waals surface area contributed by atoms with Gasteiger partial charge < -0.3 is 5.32 Å². The van der Waals surface area contributed by atoms with E-state index in [1.54, 1.807) is 0 Å². The molecule has 1 aromatic heterocycles. The summed E-state index contributed by atoms with van der Waals surface area (Å²) in [5, 5.41) is 8.26. The van der Waals surface area contributed by atoms with Gasteiger partial charge in [0.1, 0.15) is 0 Å². The van der Waals surface area contributed by atoms with E-state index in [1.807, 2.05) is 4.68 Å². The topological polar surface area (TPSA) is 33.1 Å². The summed E-state index contributed by atoms with van der Waals surface area (Å²) in [6.07, 6.45) is 1.24. The molecule has 4 nitrogen and oxygen atoms in total. The maximum Gasteiger partial charge on any atom is 0.0597 e. The van der Waals surface area contributed by atoms with Crippen molar-refractivity contribution in [1.82, 2.24) is 20.0 Å². The van der Waals surface area contributed by atoms with Crippen LogP contribution in [0.5, 0.6) is 0 Å². The molecule has 1 fully saturated rings. The number of rotatable bonds is 5. The Balaban J connectivity index is 2.12. The summed E-state index contributed by atoms with van der Waals surface area (Å²) in [4.78, 5) is 2.66. The van der Waals surface area contributed by atoms with Gasteiger partial charge in [-0.15, -0.1) is 0 Å². The van der Waals surface area contributed by atoms with Gasteiger partial charge in [0.15, 0.2) is 0 Å². The average molecular weight is 292 g/mol. The second kappa shape index (κ2) is 6.93. The monoisotopic (exact) mass is 292 g/mol. The molecular formula is C17H32N4. The highest BCUT2D eigenvalue weighted by atomic mass is 15.3. The first-order valence-corrected chi connectivity index (χ1v) is 8.39. The number of hydrogen-bond donors (Lipinski definition) is 1. The minimum Gasteiger partial charge on any atom is -0.311 e. The molecule has 1 saturated heterocycles. The molecule has 3 unspecified atom stereocenters. The van der Waals surface area contributed by atoms with Gasteiger partial charge in [0.05, 0.1) is 11.4 Å². The zero-order valence-corrected chi connectivity index (χ0v) is 14.6. The van der Waals surface area contributed by atoms with Crippen molar-refractivity contribution in [3.63, 3.8) is 0 Å². The molecule has 120 valence electrons. The van der Waals surface area contributed by atoms with Gasteiger partial charge >= 0.3 is 0 Å². The van der Waals surface area contributed by atoms with Gasteiger partial charge in [-0.3, -0.25) is 9.58 Å². The van der Waals surface area contributed by atoms with Crippen molar-refractivity contribution < 1.29 is 0 Å². The highest BCUT2D eigenvalue weighted by Gasteiger charge is 2.32. The van der Waals surface area contributed by atoms with E-state index in [1.165, 1.54) is 12.1 Å². The van der Waals surface area contributed by atoms with Crippen LogP contribution in [0.15, 0.2) is 6.07 Å². The fourth-order valence-corrected chi connectivity index (χ4v) is 3.38. The Morgan fingerprint density at radius 2 is 2.10 bits per heavy atom. The van der Waals surface area contributed by atoms with Crippen LogP contribution in [0.25, 0.3) is 0 Å². The van der Waals surface area contributed by atoms with Crippen molar-refractivity contribution in [3.05, 3.63) is 17.5 Å². The maximum atomic E-state index is 4.49. The second-order valence-corrected chi connectivity index (χ2v) is 7.04. The first kappa shape index (κ1) is 16.5. The molecule has 1 aliphatic rings. The lowest BCUT2D eigenvalue weighted by molar-refractivity contribution is 0.0731. The van der Waals surface area contributed by atoms with Crippen molar-refractivity contribution in [2.75, 3.05) is 13.1 Å². The molecule has 4 heteroatoms. The van der Waals surface area contributed by atoms with Crippen LogP contribution in [0.2, 0.25) is 0 Å². The zero-order chi connectivity index (χ0) is 15.6. The molecule has 0 aliphatic carbocycles. The fraction of sp³-hybridized carbons (Fsp3) is 0.824. The molecule has 21 heavy (non-hydrogen) atoms. The molecule has 0 amide bonds. The molecule has 0 bridgehead atoms. The summed E-state index contributed by atoms with van der Waals surface area (Å²) in [6, 6.07) is 3.44. The van der Waals surface area contributed by atoms with Gasteiger partial charge in [-0.1, -0.05) is 34.1 Å². The first-order valence-electron chi connectivity index (χ1n) is 8.39. The van der Waals surface area contributed by atoms with E-state index in [2.05, 4.69) is 63.0 Å². The Hall–Kier alpha value is -0.870. The normalized spacial score (nSPS) is 25.5. The zero-order valence-electron chi connectivity index (χ0n) is 14.6. The Morgan fingerprint density at radius 1 is 1.38 bits per heavy atom. The SMILES string of the molecule is CCC(C)C1CN(Cc2cc(C)nn2C)C(C(C)C)CN1. The Labute approximate surface area is 129 Å². The molecule has 0 spiro atoms. The number of aromatic nitrogens is 2. The smallest absolute Gasteiger partial charge is 0.0597 e. The lowest BCUT2D eigenvalue weighted by atomic mass is 9.92. The molecule has 0 saturated carbocycles. The Kier molecular flexibility index (Phi) is 5.44. The van der Waals surface area contributed by atoms with Gasteiger partial charge in [0, 0.05) is 38.8 Å². The molecule has 1 aromatic rings. The van der Waals surface area contributed by atoms with E-state index in [-0.39, 0.29) is 0 Å². The molecule has 1 N–H and O–H groups in total. The summed E-state index contributed by atoms with van der Waals surface area (Å²) in [5.74, 6) is 1.40. The summed E-state index contributed by atoms with van der Waals surface area (Å²) in [7, 11) is 2.06. The molecule has 2 rings (SSSR count). The third kappa shape index (κ3) is 3.86. The van der Waals surface area contributed by atoms with Crippen molar-refractivity contribution in [2.45, 2.75) is 59.7 Å². The first-order chi connectivity index (χ1) is 9.92. The predicted molar refractivity (Wildman–Crippen MR) is 88.2 cm³/mol. The fourth-order valence-electron chi connectivity index (χ4n) is 3.38.